The first-order valence-electron chi connectivity index (χ1n) is 8.55. The minimum Gasteiger partial charge on any atom is -0.508 e. The Bertz CT molecular complexity index is 1110. The summed E-state index contributed by atoms with van der Waals surface area (Å²) < 4.78 is 5.62. The fourth-order valence-electron chi connectivity index (χ4n) is 3.52. The number of phenols is 1. The normalized spacial score (nSPS) is 16.5. The smallest absolute Gasteiger partial charge is 0.258 e. The monoisotopic (exact) mass is 360 g/mol. The summed E-state index contributed by atoms with van der Waals surface area (Å²) in [4.78, 5) is 4.71. The lowest BCUT2D eigenvalue weighted by molar-refractivity contribution is 0.423. The molecule has 1 aliphatic rings. The molecular weight excluding hydrogens is 344 g/mol. The van der Waals surface area contributed by atoms with E-state index in [1.165, 1.54) is 11.1 Å². The number of aromatic hydroxyl groups is 1. The Labute approximate surface area is 154 Å². The van der Waals surface area contributed by atoms with Crippen LogP contribution in [0.5, 0.6) is 5.75 Å². The molecule has 0 bridgehead atoms. The van der Waals surface area contributed by atoms with Crippen LogP contribution in [0.1, 0.15) is 22.2 Å². The van der Waals surface area contributed by atoms with Crippen LogP contribution in [0.3, 0.4) is 0 Å². The third-order valence-corrected chi connectivity index (χ3v) is 6.00. The summed E-state index contributed by atoms with van der Waals surface area (Å²) in [6.07, 6.45) is 1.08. The number of fused-ring (bicyclic) bond motifs is 2. The van der Waals surface area contributed by atoms with Crippen LogP contribution in [-0.4, -0.2) is 21.0 Å². The van der Waals surface area contributed by atoms with Crippen molar-refractivity contribution in [2.75, 3.05) is 5.75 Å². The van der Waals surface area contributed by atoms with Gasteiger partial charge >= 0.3 is 0 Å². The molecule has 3 aromatic carbocycles. The highest BCUT2D eigenvalue weighted by molar-refractivity contribution is 7.99. The quantitative estimate of drug-likeness (QED) is 0.547. The summed E-state index contributed by atoms with van der Waals surface area (Å²) in [6, 6.07) is 19.7. The lowest BCUT2D eigenvalue weighted by Gasteiger charge is -2.22. The maximum absolute atomic E-state index is 9.70. The van der Waals surface area contributed by atoms with E-state index in [1.54, 1.807) is 12.1 Å². The average Bonchev–Trinajstić information content (AvgIpc) is 3.16. The lowest BCUT2D eigenvalue weighted by atomic mass is 10.0. The predicted molar refractivity (Wildman–Crippen MR) is 103 cm³/mol. The first-order valence-corrected chi connectivity index (χ1v) is 9.59. The van der Waals surface area contributed by atoms with E-state index in [0.29, 0.717) is 11.7 Å². The van der Waals surface area contributed by atoms with E-state index in [-0.39, 0.29) is 11.0 Å². The van der Waals surface area contributed by atoms with Gasteiger partial charge < -0.3 is 9.63 Å². The number of aryl methyl sites for hydroxylation is 1. The van der Waals surface area contributed by atoms with Crippen molar-refractivity contribution >= 4 is 22.5 Å². The van der Waals surface area contributed by atoms with Gasteiger partial charge in [0.15, 0.2) is 5.82 Å². The van der Waals surface area contributed by atoms with Crippen molar-refractivity contribution in [3.05, 3.63) is 77.6 Å². The number of hydrogen-bond donors (Lipinski definition) is 1. The number of rotatable bonds is 2. The highest BCUT2D eigenvalue weighted by Gasteiger charge is 2.26. The Kier molecular flexibility index (Phi) is 3.68. The third kappa shape index (κ3) is 2.56. The van der Waals surface area contributed by atoms with Gasteiger partial charge in [-0.15, -0.1) is 11.8 Å². The summed E-state index contributed by atoms with van der Waals surface area (Å²) in [5.74, 6) is 2.53. The Morgan fingerprint density at radius 2 is 1.96 bits per heavy atom. The molecule has 26 heavy (non-hydrogen) atoms. The van der Waals surface area contributed by atoms with Gasteiger partial charge in [0, 0.05) is 5.56 Å². The molecule has 0 amide bonds. The van der Waals surface area contributed by atoms with Crippen LogP contribution in [-0.2, 0) is 6.42 Å². The van der Waals surface area contributed by atoms with Crippen LogP contribution in [0.25, 0.3) is 22.2 Å². The van der Waals surface area contributed by atoms with Crippen molar-refractivity contribution in [1.29, 1.82) is 0 Å². The maximum Gasteiger partial charge on any atom is 0.258 e. The highest BCUT2D eigenvalue weighted by atomic mass is 32.2. The van der Waals surface area contributed by atoms with E-state index in [2.05, 4.69) is 29.4 Å². The average molecular weight is 360 g/mol. The molecule has 0 saturated heterocycles. The van der Waals surface area contributed by atoms with Gasteiger partial charge in [0.1, 0.15) is 5.75 Å². The molecular formula is C21H16N2O2S. The SMILES string of the molecule is Oc1ccc2c(-c3nc(C4SCCc5ccccc54)no3)cccc2c1. The molecule has 4 nitrogen and oxygen atoms in total. The van der Waals surface area contributed by atoms with Crippen LogP contribution in [0, 0.1) is 0 Å². The second kappa shape index (κ2) is 6.18. The number of hydrogen-bond acceptors (Lipinski definition) is 5. The van der Waals surface area contributed by atoms with Gasteiger partial charge in [-0.3, -0.25) is 0 Å². The van der Waals surface area contributed by atoms with Crippen LogP contribution >= 0.6 is 11.8 Å². The molecule has 2 heterocycles. The molecule has 0 saturated carbocycles. The molecule has 1 unspecified atom stereocenters. The first-order chi connectivity index (χ1) is 12.8. The fraction of sp³-hybridized carbons (Fsp3) is 0.143. The Balaban J connectivity index is 1.58. The Morgan fingerprint density at radius 3 is 2.92 bits per heavy atom. The molecule has 0 radical (unpaired) electrons. The molecule has 1 aromatic heterocycles. The Hall–Kier alpha value is -2.79. The zero-order valence-corrected chi connectivity index (χ0v) is 14.7. The van der Waals surface area contributed by atoms with Crippen molar-refractivity contribution in [3.63, 3.8) is 0 Å². The topological polar surface area (TPSA) is 59.2 Å². The van der Waals surface area contributed by atoms with E-state index < -0.39 is 0 Å². The molecule has 0 spiro atoms. The van der Waals surface area contributed by atoms with Gasteiger partial charge in [0.05, 0.1) is 5.25 Å². The second-order valence-electron chi connectivity index (χ2n) is 6.37. The van der Waals surface area contributed by atoms with Crippen molar-refractivity contribution in [1.82, 2.24) is 10.1 Å². The lowest BCUT2D eigenvalue weighted by Crippen LogP contribution is -2.10. The van der Waals surface area contributed by atoms with Crippen LogP contribution < -0.4 is 0 Å². The Morgan fingerprint density at radius 1 is 1.04 bits per heavy atom. The molecule has 128 valence electrons. The van der Waals surface area contributed by atoms with E-state index >= 15 is 0 Å². The van der Waals surface area contributed by atoms with Crippen molar-refractivity contribution in [3.8, 4) is 17.2 Å². The molecule has 0 aliphatic carbocycles. The third-order valence-electron chi connectivity index (χ3n) is 4.76. The van der Waals surface area contributed by atoms with E-state index in [9.17, 15) is 5.11 Å². The molecule has 0 fully saturated rings. The van der Waals surface area contributed by atoms with Crippen molar-refractivity contribution in [2.45, 2.75) is 11.7 Å². The van der Waals surface area contributed by atoms with Gasteiger partial charge in [-0.1, -0.05) is 41.6 Å². The number of nitrogens with zero attached hydrogens (tertiary/aromatic N) is 2. The summed E-state index contributed by atoms with van der Waals surface area (Å²) in [5, 5.41) is 16.0. The molecule has 5 rings (SSSR count). The highest BCUT2D eigenvalue weighted by Crippen LogP contribution is 2.41. The summed E-state index contributed by atoms with van der Waals surface area (Å²) >= 11 is 1.86. The first kappa shape index (κ1) is 15.5. The van der Waals surface area contributed by atoms with Gasteiger partial charge in [-0.25, -0.2) is 0 Å². The second-order valence-corrected chi connectivity index (χ2v) is 7.58. The van der Waals surface area contributed by atoms with Crippen LogP contribution in [0.2, 0.25) is 0 Å². The number of phenolic OH excluding ortho intramolecular Hbond substituents is 1. The molecule has 1 atom stereocenters. The van der Waals surface area contributed by atoms with Crippen LogP contribution in [0.15, 0.2) is 65.2 Å². The fourth-order valence-corrected chi connectivity index (χ4v) is 4.74. The number of thioether (sulfide) groups is 1. The molecule has 5 heteroatoms. The van der Waals surface area contributed by atoms with Gasteiger partial charge in [0.2, 0.25) is 0 Å². The minimum atomic E-state index is 0.108. The van der Waals surface area contributed by atoms with E-state index in [4.69, 9.17) is 9.51 Å². The summed E-state index contributed by atoms with van der Waals surface area (Å²) in [5.41, 5.74) is 3.53. The zero-order valence-electron chi connectivity index (χ0n) is 13.9. The maximum atomic E-state index is 9.70. The number of benzene rings is 3. The zero-order chi connectivity index (χ0) is 17.5. The summed E-state index contributed by atoms with van der Waals surface area (Å²) in [7, 11) is 0. The standard InChI is InChI=1S/C21H16N2O2S/c24-15-8-9-16-14(12-15)5-3-7-18(16)21-22-20(23-25-21)19-17-6-2-1-4-13(17)10-11-26-19/h1-9,12,19,24H,10-11H2. The molecule has 4 aromatic rings. The number of aromatic nitrogens is 2. The minimum absolute atomic E-state index is 0.108. The van der Waals surface area contributed by atoms with Gasteiger partial charge in [-0.05, 0) is 58.3 Å². The summed E-state index contributed by atoms with van der Waals surface area (Å²) in [6.45, 7) is 0. The predicted octanol–water partition coefficient (Wildman–Crippen LogP) is 4.97. The van der Waals surface area contributed by atoms with Gasteiger partial charge in [0.25, 0.3) is 5.89 Å². The largest absolute Gasteiger partial charge is 0.508 e. The van der Waals surface area contributed by atoms with E-state index in [0.717, 1.165) is 28.5 Å². The van der Waals surface area contributed by atoms with Crippen molar-refractivity contribution < 1.29 is 9.63 Å². The molecule has 1 N–H and O–H groups in total. The van der Waals surface area contributed by atoms with Crippen molar-refractivity contribution in [2.24, 2.45) is 0 Å². The van der Waals surface area contributed by atoms with E-state index in [1.807, 2.05) is 36.0 Å². The molecule has 1 aliphatic heterocycles. The van der Waals surface area contributed by atoms with Gasteiger partial charge in [-0.2, -0.15) is 4.98 Å². The van der Waals surface area contributed by atoms with Crippen LogP contribution in [0.4, 0.5) is 0 Å².